The van der Waals surface area contributed by atoms with Crippen molar-refractivity contribution < 1.29 is 9.84 Å². The second kappa shape index (κ2) is 5.96. The van der Waals surface area contributed by atoms with E-state index in [1.54, 1.807) is 0 Å². The van der Waals surface area contributed by atoms with Crippen molar-refractivity contribution in [1.29, 1.82) is 0 Å². The van der Waals surface area contributed by atoms with E-state index in [1.165, 1.54) is 0 Å². The number of nitrogens with zero attached hydrogens (tertiary/aromatic N) is 3. The molecule has 114 valence electrons. The van der Waals surface area contributed by atoms with E-state index in [2.05, 4.69) is 21.0 Å². The molecule has 2 fully saturated rings. The van der Waals surface area contributed by atoms with E-state index in [0.717, 1.165) is 31.0 Å². The van der Waals surface area contributed by atoms with Gasteiger partial charge in [-0.15, -0.1) is 6.42 Å². The zero-order valence-electron chi connectivity index (χ0n) is 12.3. The first kappa shape index (κ1) is 14.2. The van der Waals surface area contributed by atoms with Gasteiger partial charge in [0.2, 0.25) is 0 Å². The van der Waals surface area contributed by atoms with E-state index in [-0.39, 0.29) is 12.4 Å². The molecule has 3 aliphatic heterocycles. The zero-order valence-corrected chi connectivity index (χ0v) is 12.3. The van der Waals surface area contributed by atoms with Gasteiger partial charge in [0.15, 0.2) is 6.17 Å². The number of nitrogens with one attached hydrogen (secondary N) is 1. The first-order valence-electron chi connectivity index (χ1n) is 7.54. The van der Waals surface area contributed by atoms with Gasteiger partial charge < -0.3 is 25.0 Å². The van der Waals surface area contributed by atoms with Gasteiger partial charge in [0, 0.05) is 12.8 Å². The lowest BCUT2D eigenvalue weighted by Gasteiger charge is -2.38. The van der Waals surface area contributed by atoms with Crippen molar-refractivity contribution in [2.75, 3.05) is 19.8 Å². The molecular weight excluding hydrogens is 268 g/mol. The van der Waals surface area contributed by atoms with Gasteiger partial charge in [0.25, 0.3) is 0 Å². The van der Waals surface area contributed by atoms with Crippen molar-refractivity contribution in [3.63, 3.8) is 0 Å². The normalized spacial score (nSPS) is 29.4. The minimum Gasteiger partial charge on any atom is -0.389 e. The van der Waals surface area contributed by atoms with Gasteiger partial charge in [-0.3, -0.25) is 0 Å². The Balaban J connectivity index is 1.88. The number of aliphatic hydroxyl groups is 1. The summed E-state index contributed by atoms with van der Waals surface area (Å²) in [6, 6.07) is 0. The first-order chi connectivity index (χ1) is 10.2. The standard InChI is InChI=1S/C15H22N4O2/c1-3-7-18-10-16-14-11(18)9-19(13-6-5-8-21-13)15(17-14)12(20)4-2/h1,9,12-13,15,20H,4-8,10H2,2H3,(H,16,17). The fourth-order valence-corrected chi connectivity index (χ4v) is 2.96. The van der Waals surface area contributed by atoms with Crippen molar-refractivity contribution in [3.8, 4) is 12.3 Å². The van der Waals surface area contributed by atoms with Crippen LogP contribution in [0.25, 0.3) is 0 Å². The van der Waals surface area contributed by atoms with Crippen molar-refractivity contribution in [1.82, 2.24) is 15.1 Å². The molecule has 0 aromatic rings. The van der Waals surface area contributed by atoms with Gasteiger partial charge in [-0.2, -0.15) is 0 Å². The highest BCUT2D eigenvalue weighted by molar-refractivity contribution is 6.00. The maximum Gasteiger partial charge on any atom is 0.151 e. The van der Waals surface area contributed by atoms with Crippen LogP contribution in [0.5, 0.6) is 0 Å². The fourth-order valence-electron chi connectivity index (χ4n) is 2.96. The van der Waals surface area contributed by atoms with E-state index >= 15 is 0 Å². The summed E-state index contributed by atoms with van der Waals surface area (Å²) in [6.45, 7) is 3.92. The molecule has 0 spiro atoms. The van der Waals surface area contributed by atoms with E-state index in [9.17, 15) is 5.11 Å². The summed E-state index contributed by atoms with van der Waals surface area (Å²) >= 11 is 0. The molecule has 6 heteroatoms. The van der Waals surface area contributed by atoms with Crippen LogP contribution < -0.4 is 5.32 Å². The second-order valence-electron chi connectivity index (χ2n) is 5.53. The molecule has 0 aromatic heterocycles. The largest absolute Gasteiger partial charge is 0.389 e. The van der Waals surface area contributed by atoms with E-state index in [4.69, 9.17) is 16.2 Å². The van der Waals surface area contributed by atoms with Crippen molar-refractivity contribution in [2.45, 2.75) is 44.7 Å². The van der Waals surface area contributed by atoms with Crippen molar-refractivity contribution in [2.24, 2.45) is 4.99 Å². The molecule has 3 heterocycles. The van der Waals surface area contributed by atoms with Gasteiger partial charge in [-0.1, -0.05) is 12.8 Å². The predicted molar refractivity (Wildman–Crippen MR) is 80.0 cm³/mol. The van der Waals surface area contributed by atoms with E-state index in [1.807, 2.05) is 13.1 Å². The summed E-state index contributed by atoms with van der Waals surface area (Å²) in [5, 5.41) is 13.5. The third-order valence-corrected chi connectivity index (χ3v) is 4.14. The van der Waals surface area contributed by atoms with Gasteiger partial charge in [-0.05, 0) is 19.3 Å². The molecule has 0 saturated carbocycles. The Morgan fingerprint density at radius 3 is 3.19 bits per heavy atom. The van der Waals surface area contributed by atoms with E-state index in [0.29, 0.717) is 19.6 Å². The van der Waals surface area contributed by atoms with Gasteiger partial charge in [0.05, 0.1) is 25.0 Å². The summed E-state index contributed by atoms with van der Waals surface area (Å²) in [5.74, 6) is 3.48. The average molecular weight is 290 g/mol. The molecule has 0 aliphatic carbocycles. The molecule has 6 nitrogen and oxygen atoms in total. The van der Waals surface area contributed by atoms with Crippen LogP contribution in [-0.4, -0.2) is 59.1 Å². The van der Waals surface area contributed by atoms with Gasteiger partial charge in [0.1, 0.15) is 12.1 Å². The van der Waals surface area contributed by atoms with Crippen molar-refractivity contribution in [3.05, 3.63) is 11.9 Å². The minimum absolute atomic E-state index is 0.0118. The molecule has 0 amide bonds. The number of fused-ring (bicyclic) bond motifs is 1. The fraction of sp³-hybridized carbons (Fsp3) is 0.667. The first-order valence-corrected chi connectivity index (χ1v) is 7.54. The number of rotatable bonds is 4. The SMILES string of the molecule is C#CCN1CNC2=NC(C(O)CC)N(C3CCCO3)C=C21. The average Bonchev–Trinajstić information content (AvgIpc) is 3.15. The minimum atomic E-state index is -0.511. The van der Waals surface area contributed by atoms with Crippen LogP contribution in [0.2, 0.25) is 0 Å². The molecule has 3 unspecified atom stereocenters. The Morgan fingerprint density at radius 1 is 1.67 bits per heavy atom. The quantitative estimate of drug-likeness (QED) is 0.728. The zero-order chi connectivity index (χ0) is 14.8. The number of terminal acetylenes is 1. The van der Waals surface area contributed by atoms with Crippen molar-refractivity contribution >= 4 is 5.84 Å². The molecule has 0 aromatic carbocycles. The number of hydrogen-bond donors (Lipinski definition) is 2. The smallest absolute Gasteiger partial charge is 0.151 e. The summed E-state index contributed by atoms with van der Waals surface area (Å²) in [7, 11) is 0. The maximum absolute atomic E-state index is 10.3. The summed E-state index contributed by atoms with van der Waals surface area (Å²) in [6.07, 6.45) is 9.30. The van der Waals surface area contributed by atoms with Crippen LogP contribution in [0.1, 0.15) is 26.2 Å². The molecule has 0 bridgehead atoms. The van der Waals surface area contributed by atoms with Gasteiger partial charge in [-0.25, -0.2) is 4.99 Å². The highest BCUT2D eigenvalue weighted by Crippen LogP contribution is 2.28. The number of hydrogen-bond acceptors (Lipinski definition) is 6. The topological polar surface area (TPSA) is 60.3 Å². The van der Waals surface area contributed by atoms with Crippen LogP contribution in [0.15, 0.2) is 16.9 Å². The lowest BCUT2D eigenvalue weighted by Crippen LogP contribution is -2.48. The van der Waals surface area contributed by atoms with Crippen LogP contribution in [0, 0.1) is 12.3 Å². The molecule has 3 rings (SSSR count). The summed E-state index contributed by atoms with van der Waals surface area (Å²) in [4.78, 5) is 8.81. The third kappa shape index (κ3) is 2.59. The molecular formula is C15H22N4O2. The Morgan fingerprint density at radius 2 is 2.52 bits per heavy atom. The lowest BCUT2D eigenvalue weighted by molar-refractivity contribution is -0.0464. The number of aliphatic imine (C=N–C) groups is 1. The molecule has 3 atom stereocenters. The van der Waals surface area contributed by atoms with E-state index < -0.39 is 6.10 Å². The highest BCUT2D eigenvalue weighted by Gasteiger charge is 2.37. The van der Waals surface area contributed by atoms with Crippen LogP contribution >= 0.6 is 0 Å². The van der Waals surface area contributed by atoms with Crippen LogP contribution in [0.4, 0.5) is 0 Å². The number of ether oxygens (including phenoxy) is 1. The molecule has 21 heavy (non-hydrogen) atoms. The van der Waals surface area contributed by atoms with Crippen LogP contribution in [0.3, 0.4) is 0 Å². The summed E-state index contributed by atoms with van der Waals surface area (Å²) < 4.78 is 5.78. The molecule has 2 N–H and O–H groups in total. The second-order valence-corrected chi connectivity index (χ2v) is 5.53. The number of aliphatic hydroxyl groups excluding tert-OH is 1. The maximum atomic E-state index is 10.3. The van der Waals surface area contributed by atoms with Gasteiger partial charge >= 0.3 is 0 Å². The Hall–Kier alpha value is -1.71. The van der Waals surface area contributed by atoms with Crippen LogP contribution in [-0.2, 0) is 4.74 Å². The number of amidine groups is 1. The molecule has 0 radical (unpaired) electrons. The lowest BCUT2D eigenvalue weighted by atomic mass is 10.1. The highest BCUT2D eigenvalue weighted by atomic mass is 16.5. The summed E-state index contributed by atoms with van der Waals surface area (Å²) in [5.41, 5.74) is 0.989. The molecule has 3 aliphatic rings. The Kier molecular flexibility index (Phi) is 4.04. The predicted octanol–water partition coefficient (Wildman–Crippen LogP) is 0.271. The monoisotopic (exact) mass is 290 g/mol. The Labute approximate surface area is 125 Å². The Bertz CT molecular complexity index is 490. The molecule has 2 saturated heterocycles. The third-order valence-electron chi connectivity index (χ3n) is 4.14.